The molecule has 35 heavy (non-hydrogen) atoms. The molecule has 1 aromatic heterocycles. The number of aromatic nitrogens is 1. The Morgan fingerprint density at radius 3 is 2.49 bits per heavy atom. The summed E-state index contributed by atoms with van der Waals surface area (Å²) in [5, 5.41) is 0. The number of alkyl halides is 3. The molecule has 10 heteroatoms. The predicted molar refractivity (Wildman–Crippen MR) is 123 cm³/mol. The Kier molecular flexibility index (Phi) is 8.39. The minimum Gasteiger partial charge on any atom is -0.497 e. The van der Waals surface area contributed by atoms with Crippen molar-refractivity contribution in [1.82, 2.24) is 14.8 Å². The monoisotopic (exact) mass is 491 g/mol. The van der Waals surface area contributed by atoms with Gasteiger partial charge in [-0.25, -0.2) is 4.98 Å². The molecule has 1 heterocycles. The summed E-state index contributed by atoms with van der Waals surface area (Å²) in [7, 11) is 4.74. The Labute approximate surface area is 202 Å². The number of oxazole rings is 1. The molecule has 3 rings (SSSR count). The lowest BCUT2D eigenvalue weighted by atomic mass is 10.1. The molecule has 0 N–H and O–H groups in total. The number of carbonyl (C=O) groups is 1. The van der Waals surface area contributed by atoms with E-state index in [-0.39, 0.29) is 30.6 Å². The van der Waals surface area contributed by atoms with E-state index in [1.54, 1.807) is 32.4 Å². The molecule has 2 aromatic carbocycles. The third-order valence-corrected chi connectivity index (χ3v) is 5.50. The maximum Gasteiger partial charge on any atom is 0.416 e. The van der Waals surface area contributed by atoms with E-state index < -0.39 is 11.7 Å². The van der Waals surface area contributed by atoms with Crippen LogP contribution in [0.5, 0.6) is 11.5 Å². The quantitative estimate of drug-likeness (QED) is 0.398. The van der Waals surface area contributed by atoms with Crippen LogP contribution in [0.2, 0.25) is 0 Å². The van der Waals surface area contributed by atoms with Gasteiger partial charge in [-0.05, 0) is 24.6 Å². The Bertz CT molecular complexity index is 1150. The molecule has 0 saturated carbocycles. The minimum atomic E-state index is -4.44. The van der Waals surface area contributed by atoms with Crippen molar-refractivity contribution in [3.8, 4) is 11.5 Å². The number of ether oxygens (including phenoxy) is 2. The number of methoxy groups -OCH3 is 2. The summed E-state index contributed by atoms with van der Waals surface area (Å²) in [5.41, 5.74) is 0.726. The fraction of sp³-hybridized carbons (Fsp3) is 0.360. The fourth-order valence-electron chi connectivity index (χ4n) is 3.51. The summed E-state index contributed by atoms with van der Waals surface area (Å²) < 4.78 is 56.0. The standard InChI is InChI=1S/C25H28F3N3O4/c1-5-30(2)24(32)21-16-35-23(29-21)15-31(13-17-7-6-8-19(11-17)25(26,27)28)14-18-9-10-20(33-3)12-22(18)34-4/h6-12,16H,5,13-15H2,1-4H3. The molecule has 3 aromatic rings. The summed E-state index contributed by atoms with van der Waals surface area (Å²) in [6.45, 7) is 3.02. The first-order chi connectivity index (χ1) is 16.6. The molecular formula is C25H28F3N3O4. The first kappa shape index (κ1) is 26.1. The third-order valence-electron chi connectivity index (χ3n) is 5.50. The largest absolute Gasteiger partial charge is 0.497 e. The first-order valence-electron chi connectivity index (χ1n) is 10.9. The number of benzene rings is 2. The van der Waals surface area contributed by atoms with Gasteiger partial charge >= 0.3 is 6.18 Å². The third kappa shape index (κ3) is 6.75. The molecule has 1 amide bonds. The number of amides is 1. The highest BCUT2D eigenvalue weighted by Crippen LogP contribution is 2.31. The van der Waals surface area contributed by atoms with E-state index in [9.17, 15) is 18.0 Å². The van der Waals surface area contributed by atoms with E-state index in [1.165, 1.54) is 24.3 Å². The maximum absolute atomic E-state index is 13.2. The van der Waals surface area contributed by atoms with E-state index in [1.807, 2.05) is 17.9 Å². The second-order valence-corrected chi connectivity index (χ2v) is 7.97. The van der Waals surface area contributed by atoms with E-state index in [0.717, 1.165) is 17.7 Å². The first-order valence-corrected chi connectivity index (χ1v) is 10.9. The summed E-state index contributed by atoms with van der Waals surface area (Å²) >= 11 is 0. The van der Waals surface area contributed by atoms with Gasteiger partial charge in [0.2, 0.25) is 5.89 Å². The lowest BCUT2D eigenvalue weighted by molar-refractivity contribution is -0.137. The average molecular weight is 492 g/mol. The topological polar surface area (TPSA) is 68.0 Å². The molecule has 0 bridgehead atoms. The molecular weight excluding hydrogens is 463 g/mol. The van der Waals surface area contributed by atoms with Crippen LogP contribution in [-0.4, -0.2) is 48.5 Å². The summed E-state index contributed by atoms with van der Waals surface area (Å²) in [6, 6.07) is 10.5. The van der Waals surface area contributed by atoms with Crippen molar-refractivity contribution in [2.75, 3.05) is 27.8 Å². The Morgan fingerprint density at radius 2 is 1.83 bits per heavy atom. The highest BCUT2D eigenvalue weighted by molar-refractivity contribution is 5.91. The van der Waals surface area contributed by atoms with Gasteiger partial charge in [0.05, 0.1) is 26.3 Å². The zero-order valence-corrected chi connectivity index (χ0v) is 20.1. The molecule has 0 fully saturated rings. The van der Waals surface area contributed by atoms with Crippen molar-refractivity contribution in [1.29, 1.82) is 0 Å². The van der Waals surface area contributed by atoms with Gasteiger partial charge in [-0.3, -0.25) is 9.69 Å². The average Bonchev–Trinajstić information content (AvgIpc) is 3.31. The highest BCUT2D eigenvalue weighted by atomic mass is 19.4. The number of rotatable bonds is 10. The van der Waals surface area contributed by atoms with Crippen molar-refractivity contribution < 1.29 is 31.9 Å². The van der Waals surface area contributed by atoms with Gasteiger partial charge < -0.3 is 18.8 Å². The molecule has 0 atom stereocenters. The van der Waals surface area contributed by atoms with Crippen molar-refractivity contribution in [3.63, 3.8) is 0 Å². The van der Waals surface area contributed by atoms with Crippen LogP contribution in [0.15, 0.2) is 53.1 Å². The number of hydrogen-bond donors (Lipinski definition) is 0. The molecule has 7 nitrogen and oxygen atoms in total. The van der Waals surface area contributed by atoms with Gasteiger partial charge in [0.1, 0.15) is 17.8 Å². The van der Waals surface area contributed by atoms with Gasteiger partial charge in [-0.1, -0.05) is 24.3 Å². The van der Waals surface area contributed by atoms with Crippen LogP contribution in [0.4, 0.5) is 13.2 Å². The maximum atomic E-state index is 13.2. The fourth-order valence-corrected chi connectivity index (χ4v) is 3.51. The highest BCUT2D eigenvalue weighted by Gasteiger charge is 2.30. The second kappa shape index (κ2) is 11.3. The lowest BCUT2D eigenvalue weighted by Gasteiger charge is -2.23. The number of hydrogen-bond acceptors (Lipinski definition) is 6. The Hall–Kier alpha value is -3.53. The Balaban J connectivity index is 1.89. The van der Waals surface area contributed by atoms with Crippen LogP contribution in [0.25, 0.3) is 0 Å². The molecule has 0 aliphatic rings. The smallest absolute Gasteiger partial charge is 0.416 e. The summed E-state index contributed by atoms with van der Waals surface area (Å²) in [6.07, 6.45) is -3.15. The molecule has 0 radical (unpaired) electrons. The van der Waals surface area contributed by atoms with Crippen LogP contribution >= 0.6 is 0 Å². The van der Waals surface area contributed by atoms with E-state index in [2.05, 4.69) is 4.98 Å². The molecule has 0 unspecified atom stereocenters. The summed E-state index contributed by atoms with van der Waals surface area (Å²) in [4.78, 5) is 20.1. The van der Waals surface area contributed by atoms with Crippen molar-refractivity contribution in [2.24, 2.45) is 0 Å². The van der Waals surface area contributed by atoms with Crippen molar-refractivity contribution in [3.05, 3.63) is 77.0 Å². The van der Waals surface area contributed by atoms with Gasteiger partial charge in [0, 0.05) is 38.3 Å². The Morgan fingerprint density at radius 1 is 1.06 bits per heavy atom. The molecule has 0 spiro atoms. The number of carbonyl (C=O) groups excluding carboxylic acids is 1. The van der Waals surface area contributed by atoms with Gasteiger partial charge in [-0.15, -0.1) is 0 Å². The normalized spacial score (nSPS) is 11.5. The second-order valence-electron chi connectivity index (χ2n) is 7.97. The van der Waals surface area contributed by atoms with E-state index in [0.29, 0.717) is 30.2 Å². The van der Waals surface area contributed by atoms with Crippen LogP contribution in [0.1, 0.15) is 40.0 Å². The number of halogens is 3. The summed E-state index contributed by atoms with van der Waals surface area (Å²) in [5.74, 6) is 1.19. The molecule has 0 aliphatic carbocycles. The predicted octanol–water partition coefficient (Wildman–Crippen LogP) is 5.00. The molecule has 188 valence electrons. The lowest BCUT2D eigenvalue weighted by Crippen LogP contribution is -2.27. The van der Waals surface area contributed by atoms with Crippen molar-refractivity contribution >= 4 is 5.91 Å². The SMILES string of the molecule is CCN(C)C(=O)c1coc(CN(Cc2cccc(C(F)(F)F)c2)Cc2ccc(OC)cc2OC)n1. The number of nitrogens with zero attached hydrogens (tertiary/aromatic N) is 3. The van der Waals surface area contributed by atoms with Crippen LogP contribution < -0.4 is 9.47 Å². The van der Waals surface area contributed by atoms with Gasteiger partial charge in [-0.2, -0.15) is 13.2 Å². The van der Waals surface area contributed by atoms with E-state index >= 15 is 0 Å². The minimum absolute atomic E-state index is 0.161. The van der Waals surface area contributed by atoms with Gasteiger partial charge in [0.25, 0.3) is 5.91 Å². The zero-order chi connectivity index (χ0) is 25.6. The molecule has 0 aliphatic heterocycles. The van der Waals surface area contributed by atoms with E-state index in [4.69, 9.17) is 13.9 Å². The van der Waals surface area contributed by atoms with Gasteiger partial charge in [0.15, 0.2) is 5.69 Å². The van der Waals surface area contributed by atoms with Crippen molar-refractivity contribution in [2.45, 2.75) is 32.7 Å². The van der Waals surface area contributed by atoms with Crippen LogP contribution in [0.3, 0.4) is 0 Å². The molecule has 0 saturated heterocycles. The van der Waals surface area contributed by atoms with Crippen LogP contribution in [0, 0.1) is 0 Å². The van der Waals surface area contributed by atoms with Crippen LogP contribution in [-0.2, 0) is 25.8 Å². The zero-order valence-electron chi connectivity index (χ0n) is 20.1.